The van der Waals surface area contributed by atoms with E-state index in [4.69, 9.17) is 9.47 Å². The van der Waals surface area contributed by atoms with Crippen LogP contribution in [0.2, 0.25) is 0 Å². The molecule has 2 heterocycles. The maximum Gasteiger partial charge on any atom is 0.200 e. The minimum atomic E-state index is -1.02. The highest BCUT2D eigenvalue weighted by molar-refractivity contribution is 5.57. The van der Waals surface area contributed by atoms with E-state index in [-0.39, 0.29) is 17.9 Å². The Morgan fingerprint density at radius 3 is 2.65 bits per heavy atom. The number of hydrogen-bond donors (Lipinski definition) is 1. The fraction of sp³-hybridized carbons (Fsp3) is 0.167. The number of rotatable bonds is 6. The standard InChI is InChI=1S/C18H16F2N4O2/c1-25-13-7-12(8-21-10-13)18-22-6-5-15(24-18)23-9-11-3-4-14(26-2)17(20)16(11)19/h3-8,10H,9H2,1-2H3,(H,22,23,24). The van der Waals surface area contributed by atoms with Gasteiger partial charge in [0.25, 0.3) is 0 Å². The van der Waals surface area contributed by atoms with Gasteiger partial charge in [-0.2, -0.15) is 4.39 Å². The van der Waals surface area contributed by atoms with Gasteiger partial charge in [0, 0.05) is 30.1 Å². The van der Waals surface area contributed by atoms with Gasteiger partial charge in [-0.25, -0.2) is 14.4 Å². The summed E-state index contributed by atoms with van der Waals surface area (Å²) in [5.41, 5.74) is 0.834. The molecule has 0 fully saturated rings. The topological polar surface area (TPSA) is 69.2 Å². The van der Waals surface area contributed by atoms with Gasteiger partial charge in [0.1, 0.15) is 11.6 Å². The van der Waals surface area contributed by atoms with Crippen molar-refractivity contribution in [2.45, 2.75) is 6.54 Å². The summed E-state index contributed by atoms with van der Waals surface area (Å²) >= 11 is 0. The Balaban J connectivity index is 1.78. The summed E-state index contributed by atoms with van der Waals surface area (Å²) in [6.07, 6.45) is 4.75. The molecule has 0 aliphatic heterocycles. The molecule has 3 rings (SSSR count). The third-order valence-corrected chi connectivity index (χ3v) is 3.67. The Hall–Kier alpha value is -3.29. The lowest BCUT2D eigenvalue weighted by molar-refractivity contribution is 0.370. The lowest BCUT2D eigenvalue weighted by Crippen LogP contribution is -2.06. The second-order valence-corrected chi connectivity index (χ2v) is 5.29. The van der Waals surface area contributed by atoms with Crippen molar-refractivity contribution >= 4 is 5.82 Å². The summed E-state index contributed by atoms with van der Waals surface area (Å²) in [6, 6.07) is 6.22. The van der Waals surface area contributed by atoms with Crippen molar-refractivity contribution in [2.75, 3.05) is 19.5 Å². The molecule has 0 unspecified atom stereocenters. The van der Waals surface area contributed by atoms with Crippen LogP contribution in [-0.4, -0.2) is 29.2 Å². The summed E-state index contributed by atoms with van der Waals surface area (Å²) in [5.74, 6) is -0.627. The van der Waals surface area contributed by atoms with Crippen molar-refractivity contribution in [2.24, 2.45) is 0 Å². The molecule has 0 aliphatic carbocycles. The van der Waals surface area contributed by atoms with Crippen LogP contribution in [0.25, 0.3) is 11.4 Å². The Labute approximate surface area is 148 Å². The number of pyridine rings is 1. The van der Waals surface area contributed by atoms with Crippen molar-refractivity contribution in [3.8, 4) is 22.9 Å². The number of benzene rings is 1. The van der Waals surface area contributed by atoms with Crippen molar-refractivity contribution in [3.05, 3.63) is 60.1 Å². The second kappa shape index (κ2) is 7.73. The van der Waals surface area contributed by atoms with E-state index >= 15 is 0 Å². The molecule has 0 amide bonds. The molecule has 1 N–H and O–H groups in total. The molecule has 0 saturated carbocycles. The number of nitrogens with zero attached hydrogens (tertiary/aromatic N) is 3. The molecule has 1 aromatic carbocycles. The molecule has 134 valence electrons. The van der Waals surface area contributed by atoms with Crippen LogP contribution in [0.1, 0.15) is 5.56 Å². The first-order valence-corrected chi connectivity index (χ1v) is 7.69. The van der Waals surface area contributed by atoms with Crippen molar-refractivity contribution in [1.82, 2.24) is 15.0 Å². The van der Waals surface area contributed by atoms with Gasteiger partial charge in [-0.15, -0.1) is 0 Å². The highest BCUT2D eigenvalue weighted by Crippen LogP contribution is 2.23. The predicted octanol–water partition coefficient (Wildman–Crippen LogP) is 3.45. The Bertz CT molecular complexity index is 921. The molecule has 8 heteroatoms. The highest BCUT2D eigenvalue weighted by atomic mass is 19.2. The number of anilines is 1. The van der Waals surface area contributed by atoms with Crippen LogP contribution in [0.4, 0.5) is 14.6 Å². The molecule has 3 aromatic rings. The van der Waals surface area contributed by atoms with Crippen LogP contribution in [-0.2, 0) is 6.54 Å². The minimum absolute atomic E-state index is 0.0551. The van der Waals surface area contributed by atoms with E-state index in [2.05, 4.69) is 20.3 Å². The summed E-state index contributed by atoms with van der Waals surface area (Å²) in [4.78, 5) is 12.6. The van der Waals surface area contributed by atoms with Gasteiger partial charge in [-0.05, 0) is 18.2 Å². The summed E-state index contributed by atoms with van der Waals surface area (Å²) in [5, 5.41) is 2.95. The number of ether oxygens (including phenoxy) is 2. The van der Waals surface area contributed by atoms with E-state index in [1.165, 1.54) is 19.2 Å². The Kier molecular flexibility index (Phi) is 5.21. The van der Waals surface area contributed by atoms with Crippen LogP contribution in [0.5, 0.6) is 11.5 Å². The van der Waals surface area contributed by atoms with E-state index in [0.29, 0.717) is 23.0 Å². The zero-order chi connectivity index (χ0) is 18.5. The van der Waals surface area contributed by atoms with Crippen molar-refractivity contribution in [1.29, 1.82) is 0 Å². The van der Waals surface area contributed by atoms with Crippen molar-refractivity contribution in [3.63, 3.8) is 0 Å². The first-order valence-electron chi connectivity index (χ1n) is 7.69. The van der Waals surface area contributed by atoms with E-state index in [1.807, 2.05) is 0 Å². The maximum absolute atomic E-state index is 14.0. The van der Waals surface area contributed by atoms with Crippen LogP contribution in [0.15, 0.2) is 42.9 Å². The SMILES string of the molecule is COc1cncc(-c2nccc(NCc3ccc(OC)c(F)c3F)n2)c1. The predicted molar refractivity (Wildman–Crippen MR) is 92.1 cm³/mol. The summed E-state index contributed by atoms with van der Waals surface area (Å²) < 4.78 is 37.7. The number of hydrogen-bond acceptors (Lipinski definition) is 6. The first-order chi connectivity index (χ1) is 12.6. The number of aromatic nitrogens is 3. The van der Waals surface area contributed by atoms with E-state index < -0.39 is 11.6 Å². The van der Waals surface area contributed by atoms with Gasteiger partial charge in [0.05, 0.1) is 20.4 Å². The highest BCUT2D eigenvalue weighted by Gasteiger charge is 2.14. The third-order valence-electron chi connectivity index (χ3n) is 3.67. The van der Waals surface area contributed by atoms with Crippen LogP contribution in [0, 0.1) is 11.6 Å². The zero-order valence-electron chi connectivity index (χ0n) is 14.2. The van der Waals surface area contributed by atoms with Gasteiger partial charge < -0.3 is 14.8 Å². The van der Waals surface area contributed by atoms with Crippen LogP contribution >= 0.6 is 0 Å². The summed E-state index contributed by atoms with van der Waals surface area (Å²) in [6.45, 7) is 0.0551. The zero-order valence-corrected chi connectivity index (χ0v) is 14.2. The lowest BCUT2D eigenvalue weighted by atomic mass is 10.2. The Morgan fingerprint density at radius 2 is 1.88 bits per heavy atom. The fourth-order valence-electron chi connectivity index (χ4n) is 2.30. The van der Waals surface area contributed by atoms with E-state index in [1.54, 1.807) is 37.8 Å². The Morgan fingerprint density at radius 1 is 1.04 bits per heavy atom. The minimum Gasteiger partial charge on any atom is -0.495 e. The van der Waals surface area contributed by atoms with Gasteiger partial charge in [-0.3, -0.25) is 4.98 Å². The summed E-state index contributed by atoms with van der Waals surface area (Å²) in [7, 11) is 2.83. The van der Waals surface area contributed by atoms with Gasteiger partial charge in [0.15, 0.2) is 17.4 Å². The van der Waals surface area contributed by atoms with E-state index in [0.717, 1.165) is 0 Å². The molecule has 0 saturated heterocycles. The van der Waals surface area contributed by atoms with E-state index in [9.17, 15) is 8.78 Å². The molecular weight excluding hydrogens is 342 g/mol. The quantitative estimate of drug-likeness (QED) is 0.728. The molecule has 2 aromatic heterocycles. The average Bonchev–Trinajstić information content (AvgIpc) is 2.69. The third kappa shape index (κ3) is 3.69. The molecule has 0 spiro atoms. The first kappa shape index (κ1) is 17.5. The van der Waals surface area contributed by atoms with Gasteiger partial charge in [0.2, 0.25) is 5.82 Å². The smallest absolute Gasteiger partial charge is 0.200 e. The van der Waals surface area contributed by atoms with Gasteiger partial charge in [-0.1, -0.05) is 6.07 Å². The molecule has 0 aliphatic rings. The molecule has 0 bridgehead atoms. The second-order valence-electron chi connectivity index (χ2n) is 5.29. The van der Waals surface area contributed by atoms with Crippen molar-refractivity contribution < 1.29 is 18.3 Å². The maximum atomic E-state index is 14.0. The normalized spacial score (nSPS) is 10.5. The fourth-order valence-corrected chi connectivity index (χ4v) is 2.30. The van der Waals surface area contributed by atoms with Crippen LogP contribution < -0.4 is 14.8 Å². The monoisotopic (exact) mass is 358 g/mol. The molecule has 26 heavy (non-hydrogen) atoms. The average molecular weight is 358 g/mol. The molecule has 0 radical (unpaired) electrons. The largest absolute Gasteiger partial charge is 0.495 e. The number of nitrogens with one attached hydrogen (secondary N) is 1. The number of halogens is 2. The number of methoxy groups -OCH3 is 2. The van der Waals surface area contributed by atoms with Gasteiger partial charge >= 0.3 is 0 Å². The lowest BCUT2D eigenvalue weighted by Gasteiger charge is -2.10. The molecular formula is C18H16F2N4O2. The molecule has 6 nitrogen and oxygen atoms in total. The molecule has 0 atom stereocenters. The van der Waals surface area contributed by atoms with Crippen LogP contribution in [0.3, 0.4) is 0 Å².